The molecule has 0 aliphatic carbocycles. The summed E-state index contributed by atoms with van der Waals surface area (Å²) in [5.74, 6) is 0.966. The van der Waals surface area contributed by atoms with Gasteiger partial charge in [-0.1, -0.05) is 40.2 Å². The lowest BCUT2D eigenvalue weighted by Gasteiger charge is -2.38. The molecule has 1 fully saturated rings. The first-order valence-electron chi connectivity index (χ1n) is 6.87. The third-order valence-electron chi connectivity index (χ3n) is 3.80. The lowest BCUT2D eigenvalue weighted by molar-refractivity contribution is 0.0377. The van der Waals surface area contributed by atoms with Crippen LogP contribution in [-0.4, -0.2) is 40.8 Å². The highest BCUT2D eigenvalue weighted by molar-refractivity contribution is 9.09. The minimum Gasteiger partial charge on any atom is -0.373 e. The Kier molecular flexibility index (Phi) is 3.89. The van der Waals surface area contributed by atoms with Crippen LogP contribution in [0.5, 0.6) is 0 Å². The van der Waals surface area contributed by atoms with Crippen LogP contribution in [0, 0.1) is 6.92 Å². The molecule has 1 aliphatic rings. The van der Waals surface area contributed by atoms with Crippen LogP contribution in [0.2, 0.25) is 0 Å². The van der Waals surface area contributed by atoms with Gasteiger partial charge in [-0.15, -0.1) is 5.10 Å². The Morgan fingerprint density at radius 2 is 2.05 bits per heavy atom. The van der Waals surface area contributed by atoms with Crippen LogP contribution in [0.1, 0.15) is 12.6 Å². The number of alkyl halides is 1. The summed E-state index contributed by atoms with van der Waals surface area (Å²) in [6.07, 6.45) is 0.202. The van der Waals surface area contributed by atoms with Gasteiger partial charge in [0.15, 0.2) is 5.82 Å². The van der Waals surface area contributed by atoms with Gasteiger partial charge in [-0.25, -0.2) is 0 Å². The van der Waals surface area contributed by atoms with Crippen LogP contribution >= 0.6 is 15.9 Å². The van der Waals surface area contributed by atoms with Crippen molar-refractivity contribution in [3.8, 4) is 0 Å². The largest absolute Gasteiger partial charge is 0.373 e. The minimum atomic E-state index is 0.202. The summed E-state index contributed by atoms with van der Waals surface area (Å²) in [7, 11) is 0. The maximum Gasteiger partial charge on any atom is 0.159 e. The van der Waals surface area contributed by atoms with E-state index in [1.165, 1.54) is 10.8 Å². The average Bonchev–Trinajstić information content (AvgIpc) is 2.49. The maximum atomic E-state index is 5.79. The Morgan fingerprint density at radius 1 is 1.30 bits per heavy atom. The molecule has 0 saturated carbocycles. The van der Waals surface area contributed by atoms with Crippen molar-refractivity contribution >= 4 is 32.5 Å². The molecular formula is C15H18BrN3O. The second kappa shape index (κ2) is 5.66. The first-order chi connectivity index (χ1) is 9.70. The SMILES string of the molecule is Cc1nnc(N2CC(CBr)OCC2C)c2ccccc12. The van der Waals surface area contributed by atoms with Gasteiger partial charge in [0.25, 0.3) is 0 Å². The van der Waals surface area contributed by atoms with Crippen molar-refractivity contribution in [2.75, 3.05) is 23.4 Å². The molecule has 106 valence electrons. The molecule has 0 bridgehead atoms. The Bertz CT molecular complexity index is 619. The number of aromatic nitrogens is 2. The Balaban J connectivity index is 2.07. The molecule has 4 nitrogen and oxygen atoms in total. The summed E-state index contributed by atoms with van der Waals surface area (Å²) in [5.41, 5.74) is 0.974. The van der Waals surface area contributed by atoms with E-state index < -0.39 is 0 Å². The predicted molar refractivity (Wildman–Crippen MR) is 84.6 cm³/mol. The van der Waals surface area contributed by atoms with E-state index in [1.807, 2.05) is 13.0 Å². The quantitative estimate of drug-likeness (QED) is 0.791. The van der Waals surface area contributed by atoms with Crippen LogP contribution < -0.4 is 4.90 Å². The van der Waals surface area contributed by atoms with Gasteiger partial charge >= 0.3 is 0 Å². The zero-order valence-corrected chi connectivity index (χ0v) is 13.3. The molecule has 1 aromatic carbocycles. The lowest BCUT2D eigenvalue weighted by atomic mass is 10.1. The van der Waals surface area contributed by atoms with Gasteiger partial charge in [0.2, 0.25) is 0 Å². The monoisotopic (exact) mass is 335 g/mol. The van der Waals surface area contributed by atoms with E-state index in [9.17, 15) is 0 Å². The van der Waals surface area contributed by atoms with Crippen molar-refractivity contribution in [3.63, 3.8) is 0 Å². The first-order valence-corrected chi connectivity index (χ1v) is 7.99. The van der Waals surface area contributed by atoms with Crippen LogP contribution in [0.25, 0.3) is 10.8 Å². The highest BCUT2D eigenvalue weighted by Gasteiger charge is 2.28. The minimum absolute atomic E-state index is 0.202. The standard InChI is InChI=1S/C15H18BrN3O/c1-10-9-20-12(7-16)8-19(10)15-14-6-4-3-5-13(14)11(2)17-18-15/h3-6,10,12H,7-9H2,1-2H3. The Morgan fingerprint density at radius 3 is 2.80 bits per heavy atom. The number of benzene rings is 1. The van der Waals surface area contributed by atoms with Gasteiger partial charge in [-0.3, -0.25) is 0 Å². The number of hydrogen-bond acceptors (Lipinski definition) is 4. The number of morpholine rings is 1. The second-order valence-corrected chi connectivity index (χ2v) is 5.91. The van der Waals surface area contributed by atoms with E-state index in [0.29, 0.717) is 6.04 Å². The number of aryl methyl sites for hydroxylation is 1. The molecule has 2 heterocycles. The maximum absolute atomic E-state index is 5.79. The van der Waals surface area contributed by atoms with Crippen LogP contribution in [0.3, 0.4) is 0 Å². The normalized spacial score (nSPS) is 23.2. The first kappa shape index (κ1) is 13.8. The third kappa shape index (κ3) is 2.40. The molecule has 1 aliphatic heterocycles. The molecule has 0 spiro atoms. The van der Waals surface area contributed by atoms with Crippen LogP contribution in [-0.2, 0) is 4.74 Å². The topological polar surface area (TPSA) is 38.2 Å². The number of ether oxygens (including phenoxy) is 1. The highest BCUT2D eigenvalue weighted by atomic mass is 79.9. The molecule has 2 aromatic rings. The zero-order valence-electron chi connectivity index (χ0n) is 11.7. The molecule has 0 amide bonds. The molecular weight excluding hydrogens is 318 g/mol. The van der Waals surface area contributed by atoms with E-state index in [-0.39, 0.29) is 6.10 Å². The van der Waals surface area contributed by atoms with Crippen molar-refractivity contribution < 1.29 is 4.74 Å². The fourth-order valence-corrected chi connectivity index (χ4v) is 3.03. The zero-order chi connectivity index (χ0) is 14.1. The van der Waals surface area contributed by atoms with Crippen LogP contribution in [0.4, 0.5) is 5.82 Å². The van der Waals surface area contributed by atoms with Gasteiger partial charge in [-0.2, -0.15) is 5.10 Å². The fraction of sp³-hybridized carbons (Fsp3) is 0.467. The van der Waals surface area contributed by atoms with Crippen molar-refractivity contribution in [1.29, 1.82) is 0 Å². The summed E-state index contributed by atoms with van der Waals surface area (Å²) in [4.78, 5) is 2.31. The summed E-state index contributed by atoms with van der Waals surface area (Å²) < 4.78 is 5.79. The molecule has 20 heavy (non-hydrogen) atoms. The van der Waals surface area contributed by atoms with Gasteiger partial charge in [0.05, 0.1) is 24.4 Å². The van der Waals surface area contributed by atoms with Crippen molar-refractivity contribution in [3.05, 3.63) is 30.0 Å². The molecule has 2 atom stereocenters. The average molecular weight is 336 g/mol. The Labute approximate surface area is 127 Å². The number of anilines is 1. The number of rotatable bonds is 2. The Hall–Kier alpha value is -1.20. The van der Waals surface area contributed by atoms with Gasteiger partial charge in [0.1, 0.15) is 0 Å². The van der Waals surface area contributed by atoms with E-state index in [4.69, 9.17) is 4.74 Å². The molecule has 5 heteroatoms. The number of nitrogens with zero attached hydrogens (tertiary/aromatic N) is 3. The summed E-state index contributed by atoms with van der Waals surface area (Å²) in [5, 5.41) is 12.0. The fourth-order valence-electron chi connectivity index (χ4n) is 2.64. The summed E-state index contributed by atoms with van der Waals surface area (Å²) in [6, 6.07) is 8.64. The molecule has 2 unspecified atom stereocenters. The molecule has 1 aromatic heterocycles. The van der Waals surface area contributed by atoms with Crippen molar-refractivity contribution in [2.45, 2.75) is 26.0 Å². The van der Waals surface area contributed by atoms with E-state index in [0.717, 1.165) is 30.0 Å². The molecule has 0 N–H and O–H groups in total. The lowest BCUT2D eigenvalue weighted by Crippen LogP contribution is -2.49. The van der Waals surface area contributed by atoms with Crippen molar-refractivity contribution in [1.82, 2.24) is 10.2 Å². The van der Waals surface area contributed by atoms with Crippen LogP contribution in [0.15, 0.2) is 24.3 Å². The smallest absolute Gasteiger partial charge is 0.159 e. The predicted octanol–water partition coefficient (Wildman–Crippen LogP) is 2.93. The van der Waals surface area contributed by atoms with Gasteiger partial charge in [-0.05, 0) is 13.8 Å². The van der Waals surface area contributed by atoms with Gasteiger partial charge < -0.3 is 9.64 Å². The molecule has 1 saturated heterocycles. The van der Waals surface area contributed by atoms with Crippen molar-refractivity contribution in [2.24, 2.45) is 0 Å². The highest BCUT2D eigenvalue weighted by Crippen LogP contribution is 2.28. The number of halogens is 1. The van der Waals surface area contributed by atoms with E-state index >= 15 is 0 Å². The van der Waals surface area contributed by atoms with E-state index in [2.05, 4.69) is 56.2 Å². The molecule has 0 radical (unpaired) electrons. The molecule has 3 rings (SSSR count). The second-order valence-electron chi connectivity index (χ2n) is 5.27. The third-order valence-corrected chi connectivity index (χ3v) is 4.52. The summed E-state index contributed by atoms with van der Waals surface area (Å²) >= 11 is 3.50. The number of hydrogen-bond donors (Lipinski definition) is 0. The number of fused-ring (bicyclic) bond motifs is 1. The summed E-state index contributed by atoms with van der Waals surface area (Å²) in [6.45, 7) is 5.73. The van der Waals surface area contributed by atoms with Gasteiger partial charge in [0, 0.05) is 22.6 Å². The van der Waals surface area contributed by atoms with E-state index in [1.54, 1.807) is 0 Å².